The van der Waals surface area contributed by atoms with Gasteiger partial charge in [-0.25, -0.2) is 14.8 Å². The highest BCUT2D eigenvalue weighted by molar-refractivity contribution is 7.16. The first kappa shape index (κ1) is 49.7. The zero-order valence-electron chi connectivity index (χ0n) is 41.8. The maximum atomic E-state index is 13.8. The number of fused-ring (bicyclic) bond motifs is 2. The van der Waals surface area contributed by atoms with E-state index in [1.165, 1.54) is 24.0 Å². The maximum absolute atomic E-state index is 13.8. The van der Waals surface area contributed by atoms with E-state index in [2.05, 4.69) is 60.4 Å². The summed E-state index contributed by atoms with van der Waals surface area (Å²) in [6, 6.07) is 31.9. The molecule has 73 heavy (non-hydrogen) atoms. The Kier molecular flexibility index (Phi) is 14.5. The summed E-state index contributed by atoms with van der Waals surface area (Å²) < 4.78 is 3.34. The van der Waals surface area contributed by atoms with Crippen molar-refractivity contribution in [1.82, 2.24) is 39.3 Å². The zero-order chi connectivity index (χ0) is 50.9. The normalized spacial score (nSPS) is 17.7. The van der Waals surface area contributed by atoms with E-state index < -0.39 is 5.97 Å². The molecule has 2 saturated carbocycles. The van der Waals surface area contributed by atoms with Crippen molar-refractivity contribution in [3.63, 3.8) is 0 Å². The summed E-state index contributed by atoms with van der Waals surface area (Å²) in [4.78, 5) is 66.3. The van der Waals surface area contributed by atoms with Crippen LogP contribution in [0.5, 0.6) is 0 Å². The molecule has 4 aromatic heterocycles. The van der Waals surface area contributed by atoms with Crippen molar-refractivity contribution in [1.29, 1.82) is 0 Å². The van der Waals surface area contributed by atoms with Crippen molar-refractivity contribution in [2.75, 3.05) is 26.2 Å². The number of carbonyl (C=O) groups excluding carboxylic acids is 3. The van der Waals surface area contributed by atoms with Crippen LogP contribution in [0.2, 0.25) is 0 Å². The zero-order valence-corrected chi connectivity index (χ0v) is 43.4. The van der Waals surface area contributed by atoms with Crippen LogP contribution < -0.4 is 5.73 Å². The summed E-state index contributed by atoms with van der Waals surface area (Å²) >= 11 is 3.37. The van der Waals surface area contributed by atoms with Crippen molar-refractivity contribution < 1.29 is 24.3 Å². The van der Waals surface area contributed by atoms with Gasteiger partial charge in [-0.05, 0) is 94.4 Å². The lowest BCUT2D eigenvalue weighted by atomic mass is 9.91. The molecule has 0 unspecified atom stereocenters. The lowest BCUT2D eigenvalue weighted by molar-refractivity contribution is 0.0646. The number of nitrogens with zero attached hydrogens (tertiary/aromatic N) is 8. The van der Waals surface area contributed by atoms with E-state index in [1.807, 2.05) is 65.4 Å². The molecule has 0 radical (unpaired) electrons. The number of thiazole rings is 2. The van der Waals surface area contributed by atoms with Crippen LogP contribution in [0.4, 0.5) is 0 Å². The number of hydrogen-bond donors (Lipinski definition) is 2. The summed E-state index contributed by atoms with van der Waals surface area (Å²) in [5.41, 5.74) is 14.2. The highest BCUT2D eigenvalue weighted by atomic mass is 32.1. The second-order valence-corrected chi connectivity index (χ2v) is 22.1. The number of likely N-dealkylation sites (tertiary alicyclic amines) is 2. The van der Waals surface area contributed by atoms with Gasteiger partial charge in [-0.1, -0.05) is 96.1 Å². The van der Waals surface area contributed by atoms with E-state index in [1.54, 1.807) is 51.2 Å². The quantitative estimate of drug-likeness (QED) is 0.125. The predicted molar refractivity (Wildman–Crippen MR) is 288 cm³/mol. The monoisotopic (exact) mass is 1020 g/mol. The van der Waals surface area contributed by atoms with Crippen LogP contribution in [-0.4, -0.2) is 100 Å². The number of hydrogen-bond acceptors (Lipinski definition) is 11. The smallest absolute Gasteiger partial charge is 0.357 e. The number of ketones is 1. The van der Waals surface area contributed by atoms with Gasteiger partial charge in [0, 0.05) is 75.3 Å². The van der Waals surface area contributed by atoms with Crippen LogP contribution in [0.15, 0.2) is 97.1 Å². The number of nitrogens with two attached hydrogens (primary N) is 1. The number of Topliss-reactive ketones (excluding diaryl/α,β-unsaturated/α-hetero) is 1. The second kappa shape index (κ2) is 21.3. The summed E-state index contributed by atoms with van der Waals surface area (Å²) in [5, 5.41) is 21.0. The Morgan fingerprint density at radius 1 is 0.603 bits per heavy atom. The fourth-order valence-electron chi connectivity index (χ4n) is 10.00. The highest BCUT2D eigenvalue weighted by Crippen LogP contribution is 2.46. The fourth-order valence-corrected chi connectivity index (χ4v) is 12.4. The number of aromatic carboxylic acids is 1. The summed E-state index contributed by atoms with van der Waals surface area (Å²) in [5.74, 6) is 0.289. The SMILES string of the molecule is Cc1cccc(-c2sc(C3CC3)nc2C(=O)N2CCC[C@@H](CC(=O)c3nn(C)c4ccccc34)C2)c1.Cc1cccc(-c2sc(C3CC3)nc2C(=O)N2CCC[C@@H](N)C2)c1.Cn1nc(C(=O)O)c2ccccc21. The molecule has 12 rings (SSSR count). The average molecular weight is 1020 g/mol. The fraction of sp³-hybridized carbons (Fsp3) is 0.368. The molecule has 8 aromatic rings. The molecule has 0 spiro atoms. The number of piperidine rings is 2. The first-order valence-electron chi connectivity index (χ1n) is 25.4. The Balaban J connectivity index is 0.000000141. The van der Waals surface area contributed by atoms with E-state index in [0.29, 0.717) is 60.4 Å². The molecule has 2 amide bonds. The van der Waals surface area contributed by atoms with Crippen molar-refractivity contribution in [2.24, 2.45) is 25.7 Å². The van der Waals surface area contributed by atoms with E-state index >= 15 is 0 Å². The van der Waals surface area contributed by atoms with Gasteiger partial charge in [-0.3, -0.25) is 23.7 Å². The van der Waals surface area contributed by atoms with Gasteiger partial charge < -0.3 is 20.6 Å². The Morgan fingerprint density at radius 2 is 1.08 bits per heavy atom. The summed E-state index contributed by atoms with van der Waals surface area (Å²) in [6.45, 7) is 6.87. The molecule has 16 heteroatoms. The number of amides is 2. The third kappa shape index (κ3) is 11.1. The van der Waals surface area contributed by atoms with E-state index in [4.69, 9.17) is 20.8 Å². The molecule has 4 fully saturated rings. The minimum atomic E-state index is -0.989. The highest BCUT2D eigenvalue weighted by Gasteiger charge is 2.35. The van der Waals surface area contributed by atoms with Gasteiger partial charge in [-0.15, -0.1) is 22.7 Å². The molecule has 0 bridgehead atoms. The Bertz CT molecular complexity index is 3360. The van der Waals surface area contributed by atoms with Crippen LogP contribution in [0.3, 0.4) is 0 Å². The number of carbonyl (C=O) groups is 4. The summed E-state index contributed by atoms with van der Waals surface area (Å²) in [7, 11) is 3.60. The topological polar surface area (TPSA) is 182 Å². The largest absolute Gasteiger partial charge is 0.476 e. The number of carboxylic acid groups (broad SMARTS) is 1. The van der Waals surface area contributed by atoms with Gasteiger partial charge in [0.05, 0.1) is 30.8 Å². The molecule has 2 aliphatic carbocycles. The number of carboxylic acids is 1. The van der Waals surface area contributed by atoms with E-state index in [0.717, 1.165) is 92.4 Å². The molecule has 6 heterocycles. The first-order chi connectivity index (χ1) is 35.3. The van der Waals surface area contributed by atoms with E-state index in [-0.39, 0.29) is 35.3 Å². The molecule has 2 atom stereocenters. The molecule has 3 N–H and O–H groups in total. The van der Waals surface area contributed by atoms with Crippen molar-refractivity contribution >= 4 is 68.0 Å². The first-order valence-corrected chi connectivity index (χ1v) is 27.0. The van der Waals surface area contributed by atoms with Crippen LogP contribution in [0, 0.1) is 19.8 Å². The maximum Gasteiger partial charge on any atom is 0.357 e. The van der Waals surface area contributed by atoms with Gasteiger partial charge in [0.15, 0.2) is 11.5 Å². The van der Waals surface area contributed by atoms with Crippen LogP contribution in [-0.2, 0) is 14.1 Å². The molecule has 4 aromatic carbocycles. The molecule has 2 saturated heterocycles. The van der Waals surface area contributed by atoms with Gasteiger partial charge in [-0.2, -0.15) is 10.2 Å². The number of para-hydroxylation sites is 2. The van der Waals surface area contributed by atoms with Crippen LogP contribution in [0.25, 0.3) is 42.7 Å². The second-order valence-electron chi connectivity index (χ2n) is 20.1. The molecule has 2 aliphatic heterocycles. The molecular formula is C57H61N9O5S2. The van der Waals surface area contributed by atoms with Gasteiger partial charge in [0.25, 0.3) is 11.8 Å². The Morgan fingerprint density at radius 3 is 1.58 bits per heavy atom. The lowest BCUT2D eigenvalue weighted by Gasteiger charge is -2.32. The molecular weight excluding hydrogens is 955 g/mol. The van der Waals surface area contributed by atoms with Crippen molar-refractivity contribution in [2.45, 2.75) is 89.5 Å². The van der Waals surface area contributed by atoms with Crippen LogP contribution in [0.1, 0.15) is 133 Å². The van der Waals surface area contributed by atoms with Gasteiger partial charge in [0.1, 0.15) is 17.1 Å². The number of rotatable bonds is 10. The third-order valence-corrected chi connectivity index (χ3v) is 16.6. The molecule has 14 nitrogen and oxygen atoms in total. The van der Waals surface area contributed by atoms with Gasteiger partial charge in [0.2, 0.25) is 0 Å². The average Bonchev–Trinajstić information content (AvgIpc) is 4.28. The minimum Gasteiger partial charge on any atom is -0.476 e. The van der Waals surface area contributed by atoms with Crippen LogP contribution >= 0.6 is 22.7 Å². The lowest BCUT2D eigenvalue weighted by Crippen LogP contribution is -2.45. The van der Waals surface area contributed by atoms with Crippen molar-refractivity contribution in [3.8, 4) is 20.9 Å². The summed E-state index contributed by atoms with van der Waals surface area (Å²) in [6.07, 6.45) is 8.92. The number of aromatic nitrogens is 6. The van der Waals surface area contributed by atoms with Gasteiger partial charge >= 0.3 is 5.97 Å². The molecule has 376 valence electrons. The van der Waals surface area contributed by atoms with Crippen molar-refractivity contribution in [3.05, 3.63) is 141 Å². The Hall–Kier alpha value is -6.88. The Labute approximate surface area is 432 Å². The number of aryl methyl sites for hydroxylation is 4. The minimum absolute atomic E-state index is 0.00455. The third-order valence-electron chi connectivity index (χ3n) is 14.1. The standard InChI is InChI=1S/C29H30N4O2S.C19H23N3OS.C9H8N2O2/c1-18-7-5-9-21(15-18)27-26(30-28(36-27)20-12-13-20)29(35)33-14-6-8-19(17-33)16-24(34)25-22-10-3-4-11-23(22)32(2)31-25;1-12-4-2-5-14(10-12)17-16(21-18(24-17)13-7-8-13)19(23)22-9-3-6-15(20)11-22;1-11-7-5-3-2-4-6(7)8(10-11)9(12)13/h3-5,7,9-11,15,19-20H,6,8,12-14,16-17H2,1-2H3;2,4-5,10,13,15H,3,6-9,11,20H2,1H3;2-5H,1H3,(H,12,13)/t19-;15-;/m01./s1. The van der Waals surface area contributed by atoms with E-state index in [9.17, 15) is 19.2 Å². The molecule has 4 aliphatic rings. The number of benzene rings is 4. The predicted octanol–water partition coefficient (Wildman–Crippen LogP) is 10.8.